The Bertz CT molecular complexity index is 645. The van der Waals surface area contributed by atoms with Gasteiger partial charge in [-0.3, -0.25) is 9.79 Å². The fourth-order valence-electron chi connectivity index (χ4n) is 3.14. The van der Waals surface area contributed by atoms with Crippen LogP contribution < -0.4 is 15.0 Å². The molecule has 1 amide bonds. The van der Waals surface area contributed by atoms with Crippen molar-refractivity contribution in [2.75, 3.05) is 45.2 Å². The number of ether oxygens (including phenoxy) is 1. The molecule has 148 valence electrons. The third-order valence-corrected chi connectivity index (χ3v) is 4.63. The first-order valence-electron chi connectivity index (χ1n) is 9.72. The van der Waals surface area contributed by atoms with Crippen LogP contribution in [0.1, 0.15) is 32.1 Å². The number of aliphatic imine (C=N–C) groups is 1. The Morgan fingerprint density at radius 1 is 1.33 bits per heavy atom. The van der Waals surface area contributed by atoms with Gasteiger partial charge >= 0.3 is 0 Å². The third kappa shape index (κ3) is 6.31. The molecule has 1 aromatic carbocycles. The maximum Gasteiger partial charge on any atom is 0.265 e. The molecule has 6 nitrogen and oxygen atoms in total. The van der Waals surface area contributed by atoms with E-state index in [1.807, 2.05) is 35.2 Å². The predicted molar refractivity (Wildman–Crippen MR) is 112 cm³/mol. The second-order valence-corrected chi connectivity index (χ2v) is 6.69. The average molecular weight is 373 g/mol. The molecule has 1 aliphatic rings. The first kappa shape index (κ1) is 20.8. The number of fused-ring (bicyclic) bond motifs is 1. The van der Waals surface area contributed by atoms with Crippen LogP contribution >= 0.6 is 0 Å². The number of benzene rings is 1. The molecule has 0 saturated heterocycles. The molecule has 0 saturated carbocycles. The Morgan fingerprint density at radius 2 is 2.15 bits per heavy atom. The Labute approximate surface area is 162 Å². The Hall–Kier alpha value is -2.50. The zero-order chi connectivity index (χ0) is 19.5. The van der Waals surface area contributed by atoms with E-state index < -0.39 is 0 Å². The summed E-state index contributed by atoms with van der Waals surface area (Å²) in [5.41, 5.74) is 0.856. The fraction of sp³-hybridized carbons (Fsp3) is 0.524. The zero-order valence-corrected chi connectivity index (χ0v) is 16.6. The summed E-state index contributed by atoms with van der Waals surface area (Å²) in [6, 6.07) is 7.68. The van der Waals surface area contributed by atoms with Crippen LogP contribution in [-0.4, -0.2) is 57.1 Å². The van der Waals surface area contributed by atoms with E-state index >= 15 is 0 Å². The molecular weight excluding hydrogens is 340 g/mol. The predicted octanol–water partition coefficient (Wildman–Crippen LogP) is 3.06. The molecule has 1 aliphatic heterocycles. The third-order valence-electron chi connectivity index (χ3n) is 4.63. The molecule has 0 fully saturated rings. The molecule has 2 rings (SSSR count). The zero-order valence-electron chi connectivity index (χ0n) is 16.6. The Morgan fingerprint density at radius 3 is 2.93 bits per heavy atom. The fourth-order valence-corrected chi connectivity index (χ4v) is 3.14. The number of hydrogen-bond donors (Lipinski definition) is 1. The van der Waals surface area contributed by atoms with Crippen LogP contribution in [0.2, 0.25) is 0 Å². The highest BCUT2D eigenvalue weighted by atomic mass is 16.5. The van der Waals surface area contributed by atoms with Crippen molar-refractivity contribution in [1.82, 2.24) is 10.2 Å². The van der Waals surface area contributed by atoms with Crippen molar-refractivity contribution in [3.63, 3.8) is 0 Å². The van der Waals surface area contributed by atoms with Gasteiger partial charge in [0.1, 0.15) is 5.75 Å². The number of carbonyl (C=O) groups excluding carboxylic acids is 1. The van der Waals surface area contributed by atoms with Gasteiger partial charge in [0.05, 0.1) is 5.69 Å². The van der Waals surface area contributed by atoms with Gasteiger partial charge in [0.25, 0.3) is 5.91 Å². The summed E-state index contributed by atoms with van der Waals surface area (Å²) in [6.45, 7) is 6.27. The number of rotatable bonds is 10. The van der Waals surface area contributed by atoms with E-state index in [4.69, 9.17) is 4.74 Å². The van der Waals surface area contributed by atoms with Gasteiger partial charge in [-0.15, -0.1) is 6.58 Å². The van der Waals surface area contributed by atoms with Crippen molar-refractivity contribution < 1.29 is 9.53 Å². The average Bonchev–Trinajstić information content (AvgIpc) is 2.69. The molecule has 1 aromatic rings. The van der Waals surface area contributed by atoms with Crippen LogP contribution in [0.4, 0.5) is 5.69 Å². The SMILES string of the molecule is C=CCCCCCN(C)C(=NC)NCCCN1C(=O)COc2ccccc21. The van der Waals surface area contributed by atoms with Gasteiger partial charge in [0.2, 0.25) is 0 Å². The lowest BCUT2D eigenvalue weighted by Crippen LogP contribution is -2.42. The lowest BCUT2D eigenvalue weighted by Gasteiger charge is -2.29. The number of amides is 1. The molecule has 1 heterocycles. The number of carbonyl (C=O) groups is 1. The van der Waals surface area contributed by atoms with Crippen molar-refractivity contribution in [3.05, 3.63) is 36.9 Å². The highest BCUT2D eigenvalue weighted by molar-refractivity contribution is 5.97. The Kier molecular flexibility index (Phi) is 8.68. The van der Waals surface area contributed by atoms with Crippen LogP contribution in [0, 0.1) is 0 Å². The summed E-state index contributed by atoms with van der Waals surface area (Å²) in [5.74, 6) is 1.68. The summed E-state index contributed by atoms with van der Waals surface area (Å²) in [4.78, 5) is 20.5. The molecular formula is C21H32N4O2. The van der Waals surface area contributed by atoms with E-state index in [0.717, 1.165) is 49.7 Å². The minimum absolute atomic E-state index is 0.00900. The van der Waals surface area contributed by atoms with Gasteiger partial charge < -0.3 is 19.9 Å². The smallest absolute Gasteiger partial charge is 0.265 e. The van der Waals surface area contributed by atoms with Gasteiger partial charge in [-0.25, -0.2) is 0 Å². The molecule has 1 N–H and O–H groups in total. The van der Waals surface area contributed by atoms with Gasteiger partial charge in [-0.1, -0.05) is 24.6 Å². The first-order chi connectivity index (χ1) is 13.2. The van der Waals surface area contributed by atoms with E-state index in [1.54, 1.807) is 7.05 Å². The number of guanidine groups is 1. The van der Waals surface area contributed by atoms with Crippen LogP contribution in [0.25, 0.3) is 0 Å². The number of allylic oxidation sites excluding steroid dienone is 1. The summed E-state index contributed by atoms with van der Waals surface area (Å²) >= 11 is 0. The van der Waals surface area contributed by atoms with E-state index in [2.05, 4.69) is 28.8 Å². The standard InChI is InChI=1S/C21H32N4O2/c1-4-5-6-7-10-15-24(3)21(22-2)23-14-11-16-25-18-12-8-9-13-19(18)27-17-20(25)26/h4,8-9,12-13H,1,5-7,10-11,14-17H2,2-3H3,(H,22,23). The minimum Gasteiger partial charge on any atom is -0.482 e. The van der Waals surface area contributed by atoms with E-state index in [0.29, 0.717) is 6.54 Å². The maximum absolute atomic E-state index is 12.2. The van der Waals surface area contributed by atoms with Crippen molar-refractivity contribution in [2.24, 2.45) is 4.99 Å². The van der Waals surface area contributed by atoms with Crippen LogP contribution in [0.3, 0.4) is 0 Å². The number of unbranched alkanes of at least 4 members (excludes halogenated alkanes) is 3. The number of anilines is 1. The van der Waals surface area contributed by atoms with Crippen molar-refractivity contribution in [1.29, 1.82) is 0 Å². The summed E-state index contributed by atoms with van der Waals surface area (Å²) in [6.07, 6.45) is 7.43. The molecule has 0 aromatic heterocycles. The molecule has 0 bridgehead atoms. The highest BCUT2D eigenvalue weighted by Gasteiger charge is 2.24. The number of hydrogen-bond acceptors (Lipinski definition) is 3. The number of nitrogens with one attached hydrogen (secondary N) is 1. The van der Waals surface area contributed by atoms with Crippen LogP contribution in [0.5, 0.6) is 5.75 Å². The summed E-state index contributed by atoms with van der Waals surface area (Å²) in [7, 11) is 3.86. The molecule has 0 aliphatic carbocycles. The normalized spacial score (nSPS) is 13.8. The quantitative estimate of drug-likeness (QED) is 0.297. The second kappa shape index (κ2) is 11.3. The molecule has 0 atom stereocenters. The van der Waals surface area contributed by atoms with Gasteiger partial charge in [0, 0.05) is 33.7 Å². The maximum atomic E-state index is 12.2. The Balaban J connectivity index is 1.73. The molecule has 0 radical (unpaired) electrons. The van der Waals surface area contributed by atoms with Gasteiger partial charge in [-0.2, -0.15) is 0 Å². The van der Waals surface area contributed by atoms with Gasteiger partial charge in [0.15, 0.2) is 12.6 Å². The topological polar surface area (TPSA) is 57.2 Å². The number of nitrogens with zero attached hydrogens (tertiary/aromatic N) is 3. The van der Waals surface area contributed by atoms with Crippen LogP contribution in [-0.2, 0) is 4.79 Å². The summed E-state index contributed by atoms with van der Waals surface area (Å²) < 4.78 is 5.48. The lowest BCUT2D eigenvalue weighted by molar-refractivity contribution is -0.121. The minimum atomic E-state index is 0.00900. The van der Waals surface area contributed by atoms with Crippen molar-refractivity contribution in [3.8, 4) is 5.75 Å². The number of para-hydroxylation sites is 2. The summed E-state index contributed by atoms with van der Waals surface area (Å²) in [5, 5.41) is 3.39. The van der Waals surface area contributed by atoms with Gasteiger partial charge in [-0.05, 0) is 37.8 Å². The molecule has 0 spiro atoms. The van der Waals surface area contributed by atoms with E-state index in [-0.39, 0.29) is 12.5 Å². The second-order valence-electron chi connectivity index (χ2n) is 6.69. The van der Waals surface area contributed by atoms with E-state index in [9.17, 15) is 4.79 Å². The molecule has 6 heteroatoms. The monoisotopic (exact) mass is 372 g/mol. The first-order valence-corrected chi connectivity index (χ1v) is 9.72. The highest BCUT2D eigenvalue weighted by Crippen LogP contribution is 2.31. The largest absolute Gasteiger partial charge is 0.482 e. The van der Waals surface area contributed by atoms with Crippen molar-refractivity contribution in [2.45, 2.75) is 32.1 Å². The molecule has 0 unspecified atom stereocenters. The van der Waals surface area contributed by atoms with Crippen LogP contribution in [0.15, 0.2) is 41.9 Å². The molecule has 27 heavy (non-hydrogen) atoms. The lowest BCUT2D eigenvalue weighted by atomic mass is 10.2. The van der Waals surface area contributed by atoms with Crippen molar-refractivity contribution >= 4 is 17.6 Å². The van der Waals surface area contributed by atoms with E-state index in [1.165, 1.54) is 12.8 Å².